The third-order valence-electron chi connectivity index (χ3n) is 2.96. The topological polar surface area (TPSA) is 27.1 Å². The van der Waals surface area contributed by atoms with Gasteiger partial charge in [-0.25, -0.2) is 0 Å². The summed E-state index contributed by atoms with van der Waals surface area (Å²) in [6, 6.07) is 8.24. The van der Waals surface area contributed by atoms with Gasteiger partial charge in [-0.05, 0) is 18.6 Å². The van der Waals surface area contributed by atoms with Crippen LogP contribution in [0.25, 0.3) is 0 Å². The molecule has 0 saturated carbocycles. The third kappa shape index (κ3) is 2.93. The molecule has 1 aromatic heterocycles. The van der Waals surface area contributed by atoms with Crippen molar-refractivity contribution in [2.45, 2.75) is 18.7 Å². The molecule has 0 N–H and O–H groups in total. The first kappa shape index (κ1) is 13.1. The van der Waals surface area contributed by atoms with Crippen molar-refractivity contribution in [2.75, 3.05) is 6.61 Å². The second-order valence-electron chi connectivity index (χ2n) is 4.24. The van der Waals surface area contributed by atoms with E-state index in [0.717, 1.165) is 17.5 Å². The summed E-state index contributed by atoms with van der Waals surface area (Å²) in [6.45, 7) is 2.75. The molecule has 0 bridgehead atoms. The van der Waals surface area contributed by atoms with Gasteiger partial charge in [-0.15, -0.1) is 0 Å². The largest absolute Gasteiger partial charge is 0.493 e. The van der Waals surface area contributed by atoms with Crippen molar-refractivity contribution in [2.24, 2.45) is 7.05 Å². The van der Waals surface area contributed by atoms with E-state index in [-0.39, 0.29) is 0 Å². The highest BCUT2D eigenvalue weighted by Gasteiger charge is 2.06. The number of halogens is 1. The Kier molecular flexibility index (Phi) is 4.42. The smallest absolute Gasteiger partial charge is 0.126 e. The number of benzene rings is 1. The molecule has 0 aliphatic rings. The molecule has 0 atom stereocenters. The third-order valence-corrected chi connectivity index (χ3v) is 3.57. The van der Waals surface area contributed by atoms with Gasteiger partial charge in [0.2, 0.25) is 0 Å². The van der Waals surface area contributed by atoms with Gasteiger partial charge in [-0.3, -0.25) is 4.68 Å². The fourth-order valence-electron chi connectivity index (χ4n) is 1.93. The zero-order valence-corrected chi connectivity index (χ0v) is 12.3. The van der Waals surface area contributed by atoms with E-state index in [2.05, 4.69) is 46.2 Å². The molecule has 4 heteroatoms. The number of hydrogen-bond acceptors (Lipinski definition) is 2. The molecule has 3 nitrogen and oxygen atoms in total. The average Bonchev–Trinajstić information content (AvgIpc) is 2.77. The van der Waals surface area contributed by atoms with Crippen molar-refractivity contribution in [1.29, 1.82) is 0 Å². The fourth-order valence-corrected chi connectivity index (χ4v) is 2.37. The summed E-state index contributed by atoms with van der Waals surface area (Å²) in [6.07, 6.45) is 2.68. The van der Waals surface area contributed by atoms with E-state index in [9.17, 15) is 0 Å². The Morgan fingerprint density at radius 2 is 2.17 bits per heavy atom. The second-order valence-corrected chi connectivity index (χ2v) is 4.80. The van der Waals surface area contributed by atoms with Gasteiger partial charge >= 0.3 is 0 Å². The molecule has 0 saturated heterocycles. The van der Waals surface area contributed by atoms with E-state index in [0.29, 0.717) is 6.61 Å². The quantitative estimate of drug-likeness (QED) is 0.793. The highest BCUT2D eigenvalue weighted by Crippen LogP contribution is 2.25. The summed E-state index contributed by atoms with van der Waals surface area (Å²) in [4.78, 5) is 0. The SMILES string of the molecule is Cc1cccc(CBr)c1OCCc1ccnn1C. The molecular formula is C14H17BrN2O. The Morgan fingerprint density at radius 1 is 1.33 bits per heavy atom. The fraction of sp³-hybridized carbons (Fsp3) is 0.357. The lowest BCUT2D eigenvalue weighted by molar-refractivity contribution is 0.314. The predicted octanol–water partition coefficient (Wildman–Crippen LogP) is 3.24. The van der Waals surface area contributed by atoms with Crippen LogP contribution in [0.4, 0.5) is 0 Å². The van der Waals surface area contributed by atoms with Gasteiger partial charge < -0.3 is 4.74 Å². The maximum absolute atomic E-state index is 5.92. The zero-order valence-electron chi connectivity index (χ0n) is 10.7. The van der Waals surface area contributed by atoms with Crippen molar-refractivity contribution in [1.82, 2.24) is 9.78 Å². The minimum Gasteiger partial charge on any atom is -0.493 e. The summed E-state index contributed by atoms with van der Waals surface area (Å²) < 4.78 is 7.80. The van der Waals surface area contributed by atoms with Crippen LogP contribution in [0.1, 0.15) is 16.8 Å². The van der Waals surface area contributed by atoms with Crippen molar-refractivity contribution in [3.8, 4) is 5.75 Å². The molecule has 0 spiro atoms. The van der Waals surface area contributed by atoms with Crippen LogP contribution in [0.15, 0.2) is 30.5 Å². The van der Waals surface area contributed by atoms with Gasteiger partial charge in [0.25, 0.3) is 0 Å². The van der Waals surface area contributed by atoms with Crippen LogP contribution in [0.3, 0.4) is 0 Å². The van der Waals surface area contributed by atoms with E-state index < -0.39 is 0 Å². The lowest BCUT2D eigenvalue weighted by atomic mass is 10.1. The minimum absolute atomic E-state index is 0.671. The lowest BCUT2D eigenvalue weighted by Gasteiger charge is -2.12. The molecule has 2 rings (SSSR count). The molecule has 0 aliphatic heterocycles. The highest BCUT2D eigenvalue weighted by molar-refractivity contribution is 9.08. The number of aryl methyl sites for hydroxylation is 2. The molecule has 0 fully saturated rings. The Labute approximate surface area is 116 Å². The first-order valence-corrected chi connectivity index (χ1v) is 7.08. The average molecular weight is 309 g/mol. The molecule has 2 aromatic rings. The number of para-hydroxylation sites is 1. The first-order valence-electron chi connectivity index (χ1n) is 5.96. The van der Waals surface area contributed by atoms with Crippen molar-refractivity contribution < 1.29 is 4.74 Å². The summed E-state index contributed by atoms with van der Waals surface area (Å²) >= 11 is 3.49. The summed E-state index contributed by atoms with van der Waals surface area (Å²) in [5, 5.41) is 4.96. The van der Waals surface area contributed by atoms with Gasteiger partial charge in [0.05, 0.1) is 6.61 Å². The van der Waals surface area contributed by atoms with Gasteiger partial charge in [-0.1, -0.05) is 34.1 Å². The summed E-state index contributed by atoms with van der Waals surface area (Å²) in [5.74, 6) is 0.997. The van der Waals surface area contributed by atoms with Crippen LogP contribution in [0.2, 0.25) is 0 Å². The normalized spacial score (nSPS) is 10.6. The molecule has 96 valence electrons. The first-order chi connectivity index (χ1) is 8.72. The van der Waals surface area contributed by atoms with Gasteiger partial charge in [0, 0.05) is 36.3 Å². The van der Waals surface area contributed by atoms with Crippen LogP contribution in [-0.2, 0) is 18.8 Å². The van der Waals surface area contributed by atoms with Crippen LogP contribution in [0.5, 0.6) is 5.75 Å². The molecule has 1 aromatic carbocycles. The van der Waals surface area contributed by atoms with Crippen molar-refractivity contribution >= 4 is 15.9 Å². The maximum Gasteiger partial charge on any atom is 0.126 e. The molecule has 0 unspecified atom stereocenters. The van der Waals surface area contributed by atoms with Gasteiger partial charge in [-0.2, -0.15) is 5.10 Å². The standard InChI is InChI=1S/C14H17BrN2O/c1-11-4-3-5-12(10-15)14(11)18-9-7-13-6-8-16-17(13)2/h3-6,8H,7,9-10H2,1-2H3. The van der Waals surface area contributed by atoms with Crippen LogP contribution in [0, 0.1) is 6.92 Å². The molecule has 18 heavy (non-hydrogen) atoms. The van der Waals surface area contributed by atoms with E-state index >= 15 is 0 Å². The predicted molar refractivity (Wildman–Crippen MR) is 76.2 cm³/mol. The highest BCUT2D eigenvalue weighted by atomic mass is 79.9. The Hall–Kier alpha value is -1.29. The Morgan fingerprint density at radius 3 is 2.83 bits per heavy atom. The zero-order chi connectivity index (χ0) is 13.0. The number of rotatable bonds is 5. The monoisotopic (exact) mass is 308 g/mol. The van der Waals surface area contributed by atoms with E-state index in [4.69, 9.17) is 4.74 Å². The summed E-state index contributed by atoms with van der Waals surface area (Å²) in [5.41, 5.74) is 3.56. The number of nitrogens with zero attached hydrogens (tertiary/aromatic N) is 2. The second kappa shape index (κ2) is 6.05. The number of ether oxygens (including phenoxy) is 1. The van der Waals surface area contributed by atoms with Crippen LogP contribution < -0.4 is 4.74 Å². The van der Waals surface area contributed by atoms with E-state index in [1.54, 1.807) is 0 Å². The van der Waals surface area contributed by atoms with E-state index in [1.165, 1.54) is 16.8 Å². The number of alkyl halides is 1. The van der Waals surface area contributed by atoms with Crippen LogP contribution >= 0.6 is 15.9 Å². The molecular weight excluding hydrogens is 292 g/mol. The van der Waals surface area contributed by atoms with Gasteiger partial charge in [0.1, 0.15) is 5.75 Å². The van der Waals surface area contributed by atoms with Crippen molar-refractivity contribution in [3.05, 3.63) is 47.3 Å². The Bertz CT molecular complexity index is 522. The number of aromatic nitrogens is 2. The van der Waals surface area contributed by atoms with Crippen molar-refractivity contribution in [3.63, 3.8) is 0 Å². The molecule has 0 aliphatic carbocycles. The molecule has 1 heterocycles. The van der Waals surface area contributed by atoms with Crippen LogP contribution in [-0.4, -0.2) is 16.4 Å². The maximum atomic E-state index is 5.92. The Balaban J connectivity index is 2.00. The number of hydrogen-bond donors (Lipinski definition) is 0. The minimum atomic E-state index is 0.671. The van der Waals surface area contributed by atoms with E-state index in [1.807, 2.05) is 24.0 Å². The summed E-state index contributed by atoms with van der Waals surface area (Å²) in [7, 11) is 1.95. The van der Waals surface area contributed by atoms with Gasteiger partial charge in [0.15, 0.2) is 0 Å². The molecule has 0 amide bonds. The molecule has 0 radical (unpaired) electrons. The lowest BCUT2D eigenvalue weighted by Crippen LogP contribution is -2.07.